The van der Waals surface area contributed by atoms with E-state index in [1.807, 2.05) is 19.9 Å². The number of benzene rings is 3. The number of hydrogen-bond donors (Lipinski definition) is 2. The maximum atomic E-state index is 13.5. The molecule has 0 spiro atoms. The second kappa shape index (κ2) is 10.7. The van der Waals surface area contributed by atoms with Crippen LogP contribution in [0.1, 0.15) is 31.0 Å². The molecular weight excluding hydrogens is 520 g/mol. The summed E-state index contributed by atoms with van der Waals surface area (Å²) in [6.45, 7) is 4.73. The zero-order valence-corrected chi connectivity index (χ0v) is 22.3. The first-order valence-corrected chi connectivity index (χ1v) is 13.1. The van der Waals surface area contributed by atoms with E-state index < -0.39 is 17.7 Å². The number of aliphatic hydroxyl groups is 1. The lowest BCUT2D eigenvalue weighted by molar-refractivity contribution is -0.132. The third-order valence-corrected chi connectivity index (χ3v) is 7.29. The fraction of sp³-hybridized carbons (Fsp3) is 0.207. The molecule has 0 saturated carbocycles. The van der Waals surface area contributed by atoms with Crippen molar-refractivity contribution >= 4 is 44.1 Å². The van der Waals surface area contributed by atoms with Gasteiger partial charge in [0.15, 0.2) is 16.6 Å². The number of methoxy groups -OCH3 is 1. The van der Waals surface area contributed by atoms with Crippen molar-refractivity contribution in [3.8, 4) is 23.0 Å². The van der Waals surface area contributed by atoms with Gasteiger partial charge in [0, 0.05) is 5.56 Å². The molecule has 1 unspecified atom stereocenters. The van der Waals surface area contributed by atoms with Crippen molar-refractivity contribution in [3.63, 3.8) is 0 Å². The number of nitrogens with zero attached hydrogens (tertiary/aromatic N) is 2. The van der Waals surface area contributed by atoms with Gasteiger partial charge >= 0.3 is 5.91 Å². The van der Waals surface area contributed by atoms with E-state index in [0.29, 0.717) is 41.4 Å². The molecule has 1 aliphatic rings. The Balaban J connectivity index is 1.68. The molecule has 1 saturated heterocycles. The summed E-state index contributed by atoms with van der Waals surface area (Å²) in [5, 5.41) is 21.8. The second-order valence-corrected chi connectivity index (χ2v) is 9.63. The number of phenols is 1. The lowest BCUT2D eigenvalue weighted by atomic mass is 9.95. The van der Waals surface area contributed by atoms with Gasteiger partial charge in [-0.05, 0) is 74.0 Å². The minimum atomic E-state index is -1.03. The second-order valence-electron chi connectivity index (χ2n) is 8.62. The fourth-order valence-corrected chi connectivity index (χ4v) is 5.51. The molecule has 1 aromatic heterocycles. The van der Waals surface area contributed by atoms with Gasteiger partial charge in [0.2, 0.25) is 0 Å². The van der Waals surface area contributed by atoms with E-state index in [9.17, 15) is 19.8 Å². The Kier molecular flexibility index (Phi) is 7.12. The van der Waals surface area contributed by atoms with Gasteiger partial charge < -0.3 is 24.4 Å². The fourth-order valence-electron chi connectivity index (χ4n) is 4.49. The highest BCUT2D eigenvalue weighted by Crippen LogP contribution is 2.46. The predicted molar refractivity (Wildman–Crippen MR) is 148 cm³/mol. The largest absolute Gasteiger partial charge is 0.507 e. The van der Waals surface area contributed by atoms with Crippen molar-refractivity contribution in [1.29, 1.82) is 0 Å². The minimum absolute atomic E-state index is 0.104. The van der Waals surface area contributed by atoms with E-state index in [2.05, 4.69) is 4.98 Å². The molecule has 1 aliphatic heterocycles. The highest BCUT2D eigenvalue weighted by Gasteiger charge is 2.48. The highest BCUT2D eigenvalue weighted by atomic mass is 32.1. The van der Waals surface area contributed by atoms with Gasteiger partial charge in [0.25, 0.3) is 5.78 Å². The van der Waals surface area contributed by atoms with Gasteiger partial charge in [0.05, 0.1) is 42.2 Å². The summed E-state index contributed by atoms with van der Waals surface area (Å²) in [7, 11) is 1.40. The van der Waals surface area contributed by atoms with E-state index >= 15 is 0 Å². The molecule has 0 bridgehead atoms. The Labute approximate surface area is 228 Å². The Bertz CT molecular complexity index is 1590. The van der Waals surface area contributed by atoms with Crippen molar-refractivity contribution in [1.82, 2.24) is 4.98 Å². The summed E-state index contributed by atoms with van der Waals surface area (Å²) in [5.74, 6) is -0.697. The van der Waals surface area contributed by atoms with Crippen molar-refractivity contribution in [2.24, 2.45) is 0 Å². The van der Waals surface area contributed by atoms with Crippen LogP contribution in [-0.4, -0.2) is 47.2 Å². The monoisotopic (exact) mass is 546 g/mol. The van der Waals surface area contributed by atoms with E-state index in [-0.39, 0.29) is 28.0 Å². The first kappa shape index (κ1) is 26.1. The summed E-state index contributed by atoms with van der Waals surface area (Å²) in [4.78, 5) is 32.9. The van der Waals surface area contributed by atoms with Crippen LogP contribution in [0.5, 0.6) is 23.0 Å². The molecule has 2 heterocycles. The number of aromatic hydroxyl groups is 1. The van der Waals surface area contributed by atoms with Gasteiger partial charge in [-0.25, -0.2) is 4.98 Å². The molecule has 10 heteroatoms. The maximum Gasteiger partial charge on any atom is 0.301 e. The number of hydrogen-bond acceptors (Lipinski definition) is 9. The van der Waals surface area contributed by atoms with E-state index in [4.69, 9.17) is 14.2 Å². The molecule has 1 atom stereocenters. The molecule has 4 aromatic rings. The number of anilines is 1. The normalized spacial score (nSPS) is 16.6. The summed E-state index contributed by atoms with van der Waals surface area (Å²) in [6.07, 6.45) is 0. The highest BCUT2D eigenvalue weighted by molar-refractivity contribution is 7.22. The Morgan fingerprint density at radius 1 is 0.974 bits per heavy atom. The van der Waals surface area contributed by atoms with Crippen molar-refractivity contribution in [2.45, 2.75) is 19.9 Å². The molecule has 9 nitrogen and oxygen atoms in total. The molecule has 1 amide bonds. The molecule has 2 N–H and O–H groups in total. The van der Waals surface area contributed by atoms with Gasteiger partial charge in [-0.1, -0.05) is 17.4 Å². The number of aromatic nitrogens is 1. The molecule has 0 radical (unpaired) electrons. The number of aliphatic hydroxyl groups excluding tert-OH is 1. The predicted octanol–water partition coefficient (Wildman–Crippen LogP) is 5.43. The summed E-state index contributed by atoms with van der Waals surface area (Å²) in [6, 6.07) is 15.5. The van der Waals surface area contributed by atoms with E-state index in [1.54, 1.807) is 42.5 Å². The minimum Gasteiger partial charge on any atom is -0.507 e. The molecule has 3 aromatic carbocycles. The number of rotatable bonds is 8. The lowest BCUT2D eigenvalue weighted by Crippen LogP contribution is -2.29. The maximum absolute atomic E-state index is 13.5. The van der Waals surface area contributed by atoms with Crippen molar-refractivity contribution in [3.05, 3.63) is 77.4 Å². The summed E-state index contributed by atoms with van der Waals surface area (Å²) >= 11 is 1.23. The number of phenolic OH excluding ortho intramolecular Hbond substituents is 1. The zero-order valence-electron chi connectivity index (χ0n) is 21.5. The number of ether oxygens (including phenoxy) is 3. The average Bonchev–Trinajstić information content (AvgIpc) is 3.47. The van der Waals surface area contributed by atoms with Gasteiger partial charge in [-0.3, -0.25) is 14.5 Å². The average molecular weight is 547 g/mol. The third kappa shape index (κ3) is 4.74. The smallest absolute Gasteiger partial charge is 0.301 e. The van der Waals surface area contributed by atoms with Crippen LogP contribution < -0.4 is 19.1 Å². The number of Topliss-reactive ketones (excluding diaryl/α,β-unsaturated/α-hetero) is 1. The topological polar surface area (TPSA) is 118 Å². The Morgan fingerprint density at radius 2 is 1.67 bits per heavy atom. The van der Waals surface area contributed by atoms with Crippen molar-refractivity contribution < 1.29 is 34.0 Å². The van der Waals surface area contributed by atoms with Crippen molar-refractivity contribution in [2.75, 3.05) is 25.2 Å². The number of carbonyl (C=O) groups is 2. The lowest BCUT2D eigenvalue weighted by Gasteiger charge is -2.23. The number of ketones is 1. The zero-order chi connectivity index (χ0) is 27.7. The van der Waals surface area contributed by atoms with E-state index in [0.717, 1.165) is 4.70 Å². The summed E-state index contributed by atoms with van der Waals surface area (Å²) in [5.41, 5.74) is 1.32. The van der Waals surface area contributed by atoms with Crippen LogP contribution in [0, 0.1) is 0 Å². The third-order valence-electron chi connectivity index (χ3n) is 6.27. The number of fused-ring (bicyclic) bond motifs is 1. The van der Waals surface area contributed by atoms with Crippen LogP contribution in [0.2, 0.25) is 0 Å². The van der Waals surface area contributed by atoms with Crippen LogP contribution in [0.4, 0.5) is 5.13 Å². The van der Waals surface area contributed by atoms with Crippen LogP contribution >= 0.6 is 11.3 Å². The SMILES string of the molecule is CCOc1ccc(/C(O)=C2\C(=O)C(=O)N(c3nc4ccc(OCC)cc4s3)C2c2ccc(O)c(OC)c2)cc1. The Hall–Kier alpha value is -4.57. The standard InChI is InChI=1S/C29H26N2O7S/c1-4-37-18-9-6-16(7-10-18)26(33)24-25(17-8-13-21(32)22(14-17)36-3)31(28(35)27(24)34)29-30-20-12-11-19(38-5-2)15-23(20)39-29/h6-15,25,32-33H,4-5H2,1-3H3/b26-24+. The van der Waals surface area contributed by atoms with Gasteiger partial charge in [-0.15, -0.1) is 0 Å². The van der Waals surface area contributed by atoms with Crippen LogP contribution in [-0.2, 0) is 9.59 Å². The van der Waals surface area contributed by atoms with Crippen LogP contribution in [0.15, 0.2) is 66.2 Å². The first-order chi connectivity index (χ1) is 18.9. The van der Waals surface area contributed by atoms with E-state index in [1.165, 1.54) is 35.5 Å². The molecular formula is C29H26N2O7S. The summed E-state index contributed by atoms with van der Waals surface area (Å²) < 4.78 is 17.1. The van der Waals surface area contributed by atoms with Gasteiger partial charge in [-0.2, -0.15) is 0 Å². The first-order valence-electron chi connectivity index (χ1n) is 12.3. The molecule has 0 aliphatic carbocycles. The number of carbonyl (C=O) groups excluding carboxylic acids is 2. The molecule has 200 valence electrons. The number of thiazole rings is 1. The quantitative estimate of drug-likeness (QED) is 0.171. The van der Waals surface area contributed by atoms with Gasteiger partial charge in [0.1, 0.15) is 17.3 Å². The van der Waals surface area contributed by atoms with Crippen LogP contribution in [0.25, 0.3) is 16.0 Å². The molecule has 39 heavy (non-hydrogen) atoms. The molecule has 5 rings (SSSR count). The van der Waals surface area contributed by atoms with Crippen LogP contribution in [0.3, 0.4) is 0 Å². The number of amides is 1. The Morgan fingerprint density at radius 3 is 2.36 bits per heavy atom. The molecule has 1 fully saturated rings.